The number of sulfonamides is 1. The van der Waals surface area contributed by atoms with Crippen LogP contribution in [0, 0.1) is 5.82 Å². The summed E-state index contributed by atoms with van der Waals surface area (Å²) in [5.74, 6) is 0.436. The third-order valence-electron chi connectivity index (χ3n) is 6.85. The second-order valence-electron chi connectivity index (χ2n) is 9.53. The Labute approximate surface area is 221 Å². The SMILES string of the molecule is CCCCCCCC(=O)N(CCN1CCN(S(=O)(=O)c2ccc(OC)cc2)CC1)Cc1ccc(F)cc1. The Morgan fingerprint density at radius 1 is 0.946 bits per heavy atom. The van der Waals surface area contributed by atoms with Gasteiger partial charge in [0.1, 0.15) is 11.6 Å². The van der Waals surface area contributed by atoms with E-state index in [1.807, 2.05) is 4.90 Å². The fraction of sp³-hybridized carbons (Fsp3) is 0.536. The maximum atomic E-state index is 13.4. The Morgan fingerprint density at radius 2 is 1.59 bits per heavy atom. The van der Waals surface area contributed by atoms with Crippen LogP contribution in [-0.4, -0.2) is 74.8 Å². The van der Waals surface area contributed by atoms with E-state index in [2.05, 4.69) is 11.8 Å². The van der Waals surface area contributed by atoms with Gasteiger partial charge in [0.15, 0.2) is 0 Å². The van der Waals surface area contributed by atoms with Crippen molar-refractivity contribution in [2.75, 3.05) is 46.4 Å². The maximum absolute atomic E-state index is 13.4. The van der Waals surface area contributed by atoms with Crippen molar-refractivity contribution < 1.29 is 22.3 Å². The normalized spacial score (nSPS) is 15.0. The molecule has 0 aromatic heterocycles. The molecule has 2 aromatic rings. The number of hydrogen-bond acceptors (Lipinski definition) is 5. The first-order valence-corrected chi connectivity index (χ1v) is 14.7. The lowest BCUT2D eigenvalue weighted by Gasteiger charge is -2.35. The third-order valence-corrected chi connectivity index (χ3v) is 8.76. The first kappa shape index (κ1) is 29.1. The molecule has 0 aliphatic carbocycles. The quantitative estimate of drug-likeness (QED) is 0.334. The molecule has 0 N–H and O–H groups in total. The zero-order valence-electron chi connectivity index (χ0n) is 22.1. The van der Waals surface area contributed by atoms with Crippen molar-refractivity contribution in [3.05, 3.63) is 59.9 Å². The van der Waals surface area contributed by atoms with Crippen molar-refractivity contribution in [3.8, 4) is 5.75 Å². The molecule has 1 aliphatic rings. The second-order valence-corrected chi connectivity index (χ2v) is 11.5. The Bertz CT molecular complexity index is 1070. The molecule has 3 rings (SSSR count). The highest BCUT2D eigenvalue weighted by Gasteiger charge is 2.28. The monoisotopic (exact) mass is 533 g/mol. The number of carbonyl (C=O) groups excluding carboxylic acids is 1. The first-order valence-electron chi connectivity index (χ1n) is 13.2. The van der Waals surface area contributed by atoms with Crippen LogP contribution in [-0.2, 0) is 21.4 Å². The molecule has 0 atom stereocenters. The van der Waals surface area contributed by atoms with Gasteiger partial charge in [-0.15, -0.1) is 0 Å². The van der Waals surface area contributed by atoms with E-state index < -0.39 is 10.0 Å². The number of carbonyl (C=O) groups is 1. The van der Waals surface area contributed by atoms with Crippen LogP contribution in [0.15, 0.2) is 53.4 Å². The van der Waals surface area contributed by atoms with Gasteiger partial charge in [-0.3, -0.25) is 9.69 Å². The predicted molar refractivity (Wildman–Crippen MR) is 143 cm³/mol. The second kappa shape index (κ2) is 14.4. The number of ether oxygens (including phenoxy) is 1. The van der Waals surface area contributed by atoms with Crippen molar-refractivity contribution in [3.63, 3.8) is 0 Å². The zero-order chi connectivity index (χ0) is 26.7. The summed E-state index contributed by atoms with van der Waals surface area (Å²) in [7, 11) is -2.01. The number of unbranched alkanes of at least 4 members (excludes halogenated alkanes) is 4. The smallest absolute Gasteiger partial charge is 0.243 e. The highest BCUT2D eigenvalue weighted by molar-refractivity contribution is 7.89. The van der Waals surface area contributed by atoms with Crippen LogP contribution in [0.1, 0.15) is 51.0 Å². The van der Waals surface area contributed by atoms with E-state index in [4.69, 9.17) is 4.74 Å². The predicted octanol–water partition coefficient (Wildman–Crippen LogP) is 4.53. The summed E-state index contributed by atoms with van der Waals surface area (Å²) in [6.45, 7) is 5.84. The van der Waals surface area contributed by atoms with Gasteiger partial charge >= 0.3 is 0 Å². The van der Waals surface area contributed by atoms with Crippen LogP contribution in [0.25, 0.3) is 0 Å². The summed E-state index contributed by atoms with van der Waals surface area (Å²) in [6.07, 6.45) is 5.94. The van der Waals surface area contributed by atoms with Crippen LogP contribution in [0.2, 0.25) is 0 Å². The molecule has 0 bridgehead atoms. The molecule has 1 fully saturated rings. The molecule has 0 unspecified atom stereocenters. The zero-order valence-corrected chi connectivity index (χ0v) is 22.9. The number of halogens is 1. The molecule has 0 saturated carbocycles. The topological polar surface area (TPSA) is 70.2 Å². The number of rotatable bonds is 14. The van der Waals surface area contributed by atoms with E-state index in [0.29, 0.717) is 58.0 Å². The number of nitrogens with zero attached hydrogens (tertiary/aromatic N) is 3. The third kappa shape index (κ3) is 8.79. The number of benzene rings is 2. The van der Waals surface area contributed by atoms with Gasteiger partial charge in [-0.05, 0) is 48.4 Å². The van der Waals surface area contributed by atoms with Gasteiger partial charge in [0.05, 0.1) is 12.0 Å². The Kier molecular flexibility index (Phi) is 11.4. The van der Waals surface area contributed by atoms with Crippen molar-refractivity contribution in [2.24, 2.45) is 0 Å². The van der Waals surface area contributed by atoms with Gasteiger partial charge in [0.25, 0.3) is 0 Å². The number of piperazine rings is 1. The average molecular weight is 534 g/mol. The van der Waals surface area contributed by atoms with Gasteiger partial charge in [0, 0.05) is 52.2 Å². The average Bonchev–Trinajstić information content (AvgIpc) is 2.92. The van der Waals surface area contributed by atoms with E-state index in [1.165, 1.54) is 29.3 Å². The van der Waals surface area contributed by atoms with E-state index in [9.17, 15) is 17.6 Å². The summed E-state index contributed by atoms with van der Waals surface area (Å²) in [5, 5.41) is 0. The molecule has 2 aromatic carbocycles. The van der Waals surface area contributed by atoms with Crippen molar-refractivity contribution in [1.29, 1.82) is 0 Å². The molecule has 0 spiro atoms. The summed E-state index contributed by atoms with van der Waals surface area (Å²) in [6, 6.07) is 12.7. The van der Waals surface area contributed by atoms with Crippen LogP contribution < -0.4 is 4.74 Å². The summed E-state index contributed by atoms with van der Waals surface area (Å²) < 4.78 is 46.1. The standard InChI is InChI=1S/C28H40FN3O4S/c1-3-4-5-6-7-8-28(33)31(23-24-9-11-25(29)12-10-24)20-17-30-18-21-32(22-19-30)37(34,35)27-15-13-26(36-2)14-16-27/h9-16H,3-8,17-23H2,1-2H3. The molecule has 9 heteroatoms. The van der Waals surface area contributed by atoms with Gasteiger partial charge in [-0.2, -0.15) is 4.31 Å². The molecule has 37 heavy (non-hydrogen) atoms. The summed E-state index contributed by atoms with van der Waals surface area (Å²) in [5.41, 5.74) is 0.899. The summed E-state index contributed by atoms with van der Waals surface area (Å²) in [4.78, 5) is 17.4. The molecule has 7 nitrogen and oxygen atoms in total. The number of amides is 1. The lowest BCUT2D eigenvalue weighted by Crippen LogP contribution is -2.50. The summed E-state index contributed by atoms with van der Waals surface area (Å²) >= 11 is 0. The molecule has 0 radical (unpaired) electrons. The Hall–Kier alpha value is -2.49. The van der Waals surface area contributed by atoms with Gasteiger partial charge in [-0.1, -0.05) is 44.7 Å². The van der Waals surface area contributed by atoms with Crippen LogP contribution in [0.4, 0.5) is 4.39 Å². The van der Waals surface area contributed by atoms with Crippen molar-refractivity contribution in [2.45, 2.75) is 56.9 Å². The van der Waals surface area contributed by atoms with E-state index in [1.54, 1.807) is 43.5 Å². The molecule has 1 saturated heterocycles. The molecular weight excluding hydrogens is 493 g/mol. The molecule has 1 amide bonds. The Balaban J connectivity index is 1.54. The lowest BCUT2D eigenvalue weighted by atomic mass is 10.1. The van der Waals surface area contributed by atoms with E-state index >= 15 is 0 Å². The first-order chi connectivity index (χ1) is 17.8. The number of methoxy groups -OCH3 is 1. The van der Waals surface area contributed by atoms with Gasteiger partial charge in [-0.25, -0.2) is 12.8 Å². The fourth-order valence-corrected chi connectivity index (χ4v) is 5.91. The minimum atomic E-state index is -3.56. The van der Waals surface area contributed by atoms with Gasteiger partial charge in [0.2, 0.25) is 15.9 Å². The lowest BCUT2D eigenvalue weighted by molar-refractivity contribution is -0.132. The molecule has 204 valence electrons. The molecular formula is C28H40FN3O4S. The van der Waals surface area contributed by atoms with Crippen molar-refractivity contribution in [1.82, 2.24) is 14.1 Å². The van der Waals surface area contributed by atoms with Gasteiger partial charge < -0.3 is 9.64 Å². The number of hydrogen-bond donors (Lipinski definition) is 0. The van der Waals surface area contributed by atoms with Crippen LogP contribution in [0.5, 0.6) is 5.75 Å². The molecule has 1 heterocycles. The fourth-order valence-electron chi connectivity index (χ4n) is 4.49. The largest absolute Gasteiger partial charge is 0.497 e. The van der Waals surface area contributed by atoms with Crippen molar-refractivity contribution >= 4 is 15.9 Å². The van der Waals surface area contributed by atoms with E-state index in [-0.39, 0.29) is 16.6 Å². The Morgan fingerprint density at radius 3 is 2.22 bits per heavy atom. The van der Waals surface area contributed by atoms with Crippen LogP contribution >= 0.6 is 0 Å². The van der Waals surface area contributed by atoms with Crippen LogP contribution in [0.3, 0.4) is 0 Å². The molecule has 1 aliphatic heterocycles. The highest BCUT2D eigenvalue weighted by Crippen LogP contribution is 2.21. The minimum absolute atomic E-state index is 0.113. The minimum Gasteiger partial charge on any atom is -0.497 e. The highest BCUT2D eigenvalue weighted by atomic mass is 32.2. The van der Waals surface area contributed by atoms with E-state index in [0.717, 1.165) is 24.8 Å². The maximum Gasteiger partial charge on any atom is 0.243 e.